The molecule has 230 valence electrons. The summed E-state index contributed by atoms with van der Waals surface area (Å²) in [6, 6.07) is 15.2. The number of fused-ring (bicyclic) bond motifs is 1. The van der Waals surface area contributed by atoms with Gasteiger partial charge in [-0.05, 0) is 54.1 Å². The Kier molecular flexibility index (Phi) is 11.1. The number of hydrogen-bond donors (Lipinski definition) is 3. The number of rotatable bonds is 9. The predicted molar refractivity (Wildman–Crippen MR) is 155 cm³/mol. The number of nitrogens with zero attached hydrogens (tertiary/aromatic N) is 1. The van der Waals surface area contributed by atoms with E-state index in [1.807, 2.05) is 0 Å². The zero-order chi connectivity index (χ0) is 32.4. The number of nitrogens with one attached hydrogen (secondary N) is 1. The van der Waals surface area contributed by atoms with Gasteiger partial charge in [0.25, 0.3) is 0 Å². The van der Waals surface area contributed by atoms with Gasteiger partial charge in [-0.15, -0.1) is 0 Å². The maximum absolute atomic E-state index is 13.1. The Hall–Kier alpha value is -5.30. The van der Waals surface area contributed by atoms with Crippen LogP contribution in [0.5, 0.6) is 23.0 Å². The molecule has 0 aliphatic carbocycles. The first kappa shape index (κ1) is 33.2. The highest BCUT2D eigenvalue weighted by atomic mass is 35.5. The molecule has 0 aliphatic heterocycles. The fourth-order valence-corrected chi connectivity index (χ4v) is 3.93. The summed E-state index contributed by atoms with van der Waals surface area (Å²) in [6.45, 7) is 0. The fraction of sp³-hybridized carbons (Fsp3) is 0.133. The number of carbonyl (C=O) groups is 3. The van der Waals surface area contributed by atoms with Crippen molar-refractivity contribution in [2.24, 2.45) is 0 Å². The SMILES string of the molecule is COc1cc2nccc(Oc3ccc(NC(=O)Cc4ccc(Cl)c(C(F)(F)F)c4)cc3)c2cc1OC.O=C(O)C=CC(=O)O. The Morgan fingerprint density at radius 2 is 1.50 bits per heavy atom. The van der Waals surface area contributed by atoms with Gasteiger partial charge in [-0.2, -0.15) is 13.2 Å². The minimum absolute atomic E-state index is 0.195. The van der Waals surface area contributed by atoms with Gasteiger partial charge >= 0.3 is 18.1 Å². The zero-order valence-corrected chi connectivity index (χ0v) is 23.8. The molecule has 1 aromatic heterocycles. The van der Waals surface area contributed by atoms with Crippen LogP contribution in [0.2, 0.25) is 5.02 Å². The molecule has 0 radical (unpaired) electrons. The van der Waals surface area contributed by atoms with Gasteiger partial charge in [0.2, 0.25) is 5.91 Å². The molecule has 3 N–H and O–H groups in total. The van der Waals surface area contributed by atoms with Gasteiger partial charge in [0.05, 0.1) is 36.7 Å². The summed E-state index contributed by atoms with van der Waals surface area (Å²) >= 11 is 5.63. The topological polar surface area (TPSA) is 144 Å². The van der Waals surface area contributed by atoms with Crippen LogP contribution in [0.4, 0.5) is 18.9 Å². The van der Waals surface area contributed by atoms with E-state index in [4.69, 9.17) is 36.0 Å². The average molecular weight is 633 g/mol. The van der Waals surface area contributed by atoms with Gasteiger partial charge in [-0.25, -0.2) is 9.59 Å². The minimum atomic E-state index is -4.60. The molecule has 4 aromatic rings. The molecule has 1 heterocycles. The van der Waals surface area contributed by atoms with Crippen molar-refractivity contribution in [1.29, 1.82) is 0 Å². The maximum Gasteiger partial charge on any atom is 0.417 e. The Bertz CT molecular complexity index is 1680. The minimum Gasteiger partial charge on any atom is -0.493 e. The van der Waals surface area contributed by atoms with E-state index in [1.54, 1.807) is 55.8 Å². The molecule has 4 rings (SSSR count). The van der Waals surface area contributed by atoms with Gasteiger partial charge < -0.3 is 29.7 Å². The molecule has 14 heteroatoms. The first-order valence-electron chi connectivity index (χ1n) is 12.4. The number of carboxylic acids is 2. The third kappa shape index (κ3) is 9.36. The smallest absolute Gasteiger partial charge is 0.417 e. The van der Waals surface area contributed by atoms with E-state index >= 15 is 0 Å². The molecular formula is C30H24ClF3N2O8. The number of benzene rings is 3. The van der Waals surface area contributed by atoms with Crippen LogP contribution in [-0.4, -0.2) is 47.3 Å². The van der Waals surface area contributed by atoms with Crippen LogP contribution in [0.25, 0.3) is 10.9 Å². The highest BCUT2D eigenvalue weighted by Crippen LogP contribution is 2.37. The Labute approximate surface area is 253 Å². The van der Waals surface area contributed by atoms with Crippen LogP contribution in [-0.2, 0) is 27.0 Å². The van der Waals surface area contributed by atoms with Crippen LogP contribution in [0.3, 0.4) is 0 Å². The fourth-order valence-electron chi connectivity index (χ4n) is 3.70. The number of methoxy groups -OCH3 is 2. The van der Waals surface area contributed by atoms with Crippen LogP contribution in [0, 0.1) is 0 Å². The van der Waals surface area contributed by atoms with E-state index in [0.717, 1.165) is 12.1 Å². The summed E-state index contributed by atoms with van der Waals surface area (Å²) in [6.07, 6.45) is -2.12. The lowest BCUT2D eigenvalue weighted by molar-refractivity contribution is -0.137. The number of anilines is 1. The lowest BCUT2D eigenvalue weighted by atomic mass is 10.1. The summed E-state index contributed by atoms with van der Waals surface area (Å²) in [5, 5.41) is 18.6. The molecule has 3 aromatic carbocycles. The molecule has 0 unspecified atom stereocenters. The first-order chi connectivity index (χ1) is 20.8. The zero-order valence-electron chi connectivity index (χ0n) is 23.0. The van der Waals surface area contributed by atoms with Crippen LogP contribution in [0.15, 0.2) is 79.0 Å². The average Bonchev–Trinajstić information content (AvgIpc) is 2.97. The molecule has 0 bridgehead atoms. The number of amides is 1. The van der Waals surface area contributed by atoms with E-state index in [-0.39, 0.29) is 12.0 Å². The van der Waals surface area contributed by atoms with Crippen LogP contribution < -0.4 is 19.5 Å². The maximum atomic E-state index is 13.1. The number of aromatic nitrogens is 1. The van der Waals surface area contributed by atoms with Gasteiger partial charge in [0.1, 0.15) is 11.5 Å². The number of pyridine rings is 1. The van der Waals surface area contributed by atoms with Gasteiger partial charge in [-0.1, -0.05) is 17.7 Å². The molecule has 0 atom stereocenters. The molecule has 0 aliphatic rings. The third-order valence-electron chi connectivity index (χ3n) is 5.64. The molecular weight excluding hydrogens is 609 g/mol. The number of aliphatic carboxylic acids is 2. The van der Waals surface area contributed by atoms with E-state index in [1.165, 1.54) is 13.2 Å². The second kappa shape index (κ2) is 14.7. The molecule has 10 nitrogen and oxygen atoms in total. The quantitative estimate of drug-likeness (QED) is 0.174. The number of ether oxygens (including phenoxy) is 3. The number of hydrogen-bond acceptors (Lipinski definition) is 7. The molecule has 1 amide bonds. The second-order valence-corrected chi connectivity index (χ2v) is 9.11. The third-order valence-corrected chi connectivity index (χ3v) is 5.97. The van der Waals surface area contributed by atoms with Gasteiger partial charge in [-0.3, -0.25) is 9.78 Å². The van der Waals surface area contributed by atoms with Crippen molar-refractivity contribution in [1.82, 2.24) is 4.98 Å². The number of carbonyl (C=O) groups excluding carboxylic acids is 1. The Morgan fingerprint density at radius 1 is 0.886 bits per heavy atom. The number of halogens is 4. The summed E-state index contributed by atoms with van der Waals surface area (Å²) in [7, 11) is 3.08. The normalized spacial score (nSPS) is 11.0. The second-order valence-electron chi connectivity index (χ2n) is 8.71. The summed E-state index contributed by atoms with van der Waals surface area (Å²) < 4.78 is 55.8. The standard InChI is InChI=1S/C26H20ClF3N2O4.C4H4O4/c1-34-23-13-18-21(14-24(23)35-2)31-10-9-22(18)36-17-6-4-16(5-7-17)32-25(33)12-15-3-8-20(27)19(11-15)26(28,29)30;5-3(6)1-2-4(7)8/h3-11,13-14H,12H2,1-2H3,(H,32,33);1-2H,(H,5,6)(H,7,8). The molecule has 44 heavy (non-hydrogen) atoms. The Balaban J connectivity index is 0.000000583. The molecule has 0 spiro atoms. The van der Waals surface area contributed by atoms with Crippen LogP contribution in [0.1, 0.15) is 11.1 Å². The van der Waals surface area contributed by atoms with Gasteiger partial charge in [0.15, 0.2) is 11.5 Å². The lowest BCUT2D eigenvalue weighted by Gasteiger charge is -2.13. The number of alkyl halides is 3. The lowest BCUT2D eigenvalue weighted by Crippen LogP contribution is -2.15. The largest absolute Gasteiger partial charge is 0.493 e. The highest BCUT2D eigenvalue weighted by molar-refractivity contribution is 6.31. The molecule has 0 saturated carbocycles. The molecule has 0 saturated heterocycles. The van der Waals surface area contributed by atoms with E-state index in [2.05, 4.69) is 10.3 Å². The van der Waals surface area contributed by atoms with Crippen molar-refractivity contribution >= 4 is 46.0 Å². The highest BCUT2D eigenvalue weighted by Gasteiger charge is 2.33. The van der Waals surface area contributed by atoms with Crippen LogP contribution >= 0.6 is 11.6 Å². The van der Waals surface area contributed by atoms with E-state index in [0.29, 0.717) is 51.7 Å². The monoisotopic (exact) mass is 632 g/mol. The summed E-state index contributed by atoms with van der Waals surface area (Å²) in [4.78, 5) is 35.8. The van der Waals surface area contributed by atoms with Crippen molar-refractivity contribution in [3.05, 3.63) is 95.2 Å². The van der Waals surface area contributed by atoms with Crippen molar-refractivity contribution in [2.75, 3.05) is 19.5 Å². The number of carboxylic acid groups (broad SMARTS) is 2. The van der Waals surface area contributed by atoms with Crippen molar-refractivity contribution in [3.8, 4) is 23.0 Å². The van der Waals surface area contributed by atoms with Crippen molar-refractivity contribution < 1.29 is 52.0 Å². The summed E-state index contributed by atoms with van der Waals surface area (Å²) in [5.74, 6) is -0.865. The predicted octanol–water partition coefficient (Wildman–Crippen LogP) is 6.61. The Morgan fingerprint density at radius 3 is 2.07 bits per heavy atom. The first-order valence-corrected chi connectivity index (χ1v) is 12.8. The van der Waals surface area contributed by atoms with E-state index < -0.39 is 34.6 Å². The summed E-state index contributed by atoms with van der Waals surface area (Å²) in [5.41, 5.74) is 0.338. The van der Waals surface area contributed by atoms with Gasteiger partial charge in [0, 0.05) is 35.5 Å². The van der Waals surface area contributed by atoms with E-state index in [9.17, 15) is 27.6 Å². The molecule has 0 fully saturated rings. The van der Waals surface area contributed by atoms with Crippen molar-refractivity contribution in [3.63, 3.8) is 0 Å². The van der Waals surface area contributed by atoms with Crippen molar-refractivity contribution in [2.45, 2.75) is 12.6 Å².